The minimum Gasteiger partial charge on any atom is -0.345 e. The second-order valence-corrected chi connectivity index (χ2v) is 5.26. The molecule has 0 fully saturated rings. The van der Waals surface area contributed by atoms with Gasteiger partial charge in [-0.2, -0.15) is 0 Å². The molecule has 2 rings (SSSR count). The van der Waals surface area contributed by atoms with Crippen LogP contribution in [-0.2, 0) is 6.54 Å². The Hall–Kier alpha value is -2.48. The Labute approximate surface area is 131 Å². The number of nitro benzene ring substituents is 1. The Balaban J connectivity index is 2.09. The number of nitrogens with one attached hydrogen (secondary N) is 1. The maximum atomic E-state index is 12.1. The van der Waals surface area contributed by atoms with E-state index in [4.69, 9.17) is 11.6 Å². The fourth-order valence-electron chi connectivity index (χ4n) is 1.88. The molecule has 0 radical (unpaired) electrons. The van der Waals surface area contributed by atoms with Crippen LogP contribution in [0.25, 0.3) is 0 Å². The average molecular weight is 324 g/mol. The summed E-state index contributed by atoms with van der Waals surface area (Å²) in [6.45, 7) is 4.13. The molecule has 0 aliphatic rings. The molecular formula is C13H14ClN5O3. The first kappa shape index (κ1) is 15.9. The molecule has 1 amide bonds. The molecule has 1 aromatic carbocycles. The van der Waals surface area contributed by atoms with Crippen LogP contribution in [0.1, 0.15) is 36.1 Å². The molecule has 0 saturated heterocycles. The van der Waals surface area contributed by atoms with Crippen LogP contribution in [0, 0.1) is 10.1 Å². The highest BCUT2D eigenvalue weighted by molar-refractivity contribution is 6.34. The molecule has 2 aromatic rings. The van der Waals surface area contributed by atoms with Gasteiger partial charge in [-0.05, 0) is 19.9 Å². The first-order valence-corrected chi connectivity index (χ1v) is 6.88. The molecule has 116 valence electrons. The lowest BCUT2D eigenvalue weighted by Crippen LogP contribution is -2.25. The van der Waals surface area contributed by atoms with E-state index in [-0.39, 0.29) is 28.9 Å². The Bertz CT molecular complexity index is 713. The zero-order valence-electron chi connectivity index (χ0n) is 12.0. The molecule has 0 spiro atoms. The zero-order valence-corrected chi connectivity index (χ0v) is 12.7. The van der Waals surface area contributed by atoms with Crippen molar-refractivity contribution >= 4 is 23.2 Å². The number of nitro groups is 1. The number of aromatic nitrogens is 3. The summed E-state index contributed by atoms with van der Waals surface area (Å²) in [5.41, 5.74) is 0.00368. The van der Waals surface area contributed by atoms with Gasteiger partial charge in [0.2, 0.25) is 0 Å². The molecule has 0 atom stereocenters. The Kier molecular flexibility index (Phi) is 4.71. The van der Waals surface area contributed by atoms with Gasteiger partial charge in [-0.15, -0.1) is 10.2 Å². The fraction of sp³-hybridized carbons (Fsp3) is 0.308. The van der Waals surface area contributed by atoms with E-state index in [0.29, 0.717) is 5.82 Å². The van der Waals surface area contributed by atoms with Gasteiger partial charge in [0.05, 0.1) is 22.1 Å². The van der Waals surface area contributed by atoms with Gasteiger partial charge in [0.1, 0.15) is 6.33 Å². The smallest absolute Gasteiger partial charge is 0.270 e. The molecule has 1 aromatic heterocycles. The Morgan fingerprint density at radius 3 is 2.82 bits per heavy atom. The van der Waals surface area contributed by atoms with E-state index in [1.54, 1.807) is 6.33 Å². The van der Waals surface area contributed by atoms with Gasteiger partial charge < -0.3 is 9.88 Å². The average Bonchev–Trinajstić information content (AvgIpc) is 2.93. The van der Waals surface area contributed by atoms with Crippen molar-refractivity contribution in [2.24, 2.45) is 0 Å². The molecule has 1 N–H and O–H groups in total. The van der Waals surface area contributed by atoms with Crippen molar-refractivity contribution < 1.29 is 9.72 Å². The van der Waals surface area contributed by atoms with E-state index >= 15 is 0 Å². The van der Waals surface area contributed by atoms with Gasteiger partial charge in [-0.1, -0.05) is 11.6 Å². The van der Waals surface area contributed by atoms with Crippen molar-refractivity contribution in [1.82, 2.24) is 20.1 Å². The highest BCUT2D eigenvalue weighted by Gasteiger charge is 2.16. The summed E-state index contributed by atoms with van der Waals surface area (Å²) in [5, 5.41) is 21.1. The number of hydrogen-bond donors (Lipinski definition) is 1. The van der Waals surface area contributed by atoms with E-state index in [9.17, 15) is 14.9 Å². The van der Waals surface area contributed by atoms with E-state index in [0.717, 1.165) is 6.07 Å². The van der Waals surface area contributed by atoms with E-state index < -0.39 is 10.8 Å². The highest BCUT2D eigenvalue weighted by Crippen LogP contribution is 2.22. The van der Waals surface area contributed by atoms with Gasteiger partial charge in [-0.25, -0.2) is 0 Å². The maximum Gasteiger partial charge on any atom is 0.270 e. The summed E-state index contributed by atoms with van der Waals surface area (Å²) < 4.78 is 1.83. The van der Waals surface area contributed by atoms with Gasteiger partial charge >= 0.3 is 0 Å². The van der Waals surface area contributed by atoms with Crippen LogP contribution >= 0.6 is 11.6 Å². The van der Waals surface area contributed by atoms with Crippen molar-refractivity contribution in [3.05, 3.63) is 51.1 Å². The third-order valence-corrected chi connectivity index (χ3v) is 3.33. The second-order valence-electron chi connectivity index (χ2n) is 4.85. The lowest BCUT2D eigenvalue weighted by atomic mass is 10.2. The standard InChI is InChI=1S/C13H14ClN5O3/c1-8(2)18-7-16-17-12(18)6-15-13(20)10-4-3-9(19(21)22)5-11(10)14/h3-5,7-8H,6H2,1-2H3,(H,15,20). The molecule has 0 unspecified atom stereocenters. The van der Waals surface area contributed by atoms with Gasteiger partial charge in [-0.3, -0.25) is 14.9 Å². The van der Waals surface area contributed by atoms with Crippen molar-refractivity contribution in [2.75, 3.05) is 0 Å². The van der Waals surface area contributed by atoms with Crippen molar-refractivity contribution in [3.63, 3.8) is 0 Å². The number of benzene rings is 1. The van der Waals surface area contributed by atoms with Crippen LogP contribution in [0.5, 0.6) is 0 Å². The second kappa shape index (κ2) is 6.52. The number of halogens is 1. The monoisotopic (exact) mass is 323 g/mol. The molecular weight excluding hydrogens is 310 g/mol. The van der Waals surface area contributed by atoms with Crippen LogP contribution < -0.4 is 5.32 Å². The largest absolute Gasteiger partial charge is 0.345 e. The molecule has 1 heterocycles. The number of amides is 1. The number of hydrogen-bond acceptors (Lipinski definition) is 5. The van der Waals surface area contributed by atoms with Crippen molar-refractivity contribution in [3.8, 4) is 0 Å². The number of nitrogens with zero attached hydrogens (tertiary/aromatic N) is 4. The number of rotatable bonds is 5. The van der Waals surface area contributed by atoms with Crippen LogP contribution in [0.3, 0.4) is 0 Å². The lowest BCUT2D eigenvalue weighted by Gasteiger charge is -2.11. The van der Waals surface area contributed by atoms with Gasteiger partial charge in [0, 0.05) is 18.2 Å². The fourth-order valence-corrected chi connectivity index (χ4v) is 2.14. The summed E-state index contributed by atoms with van der Waals surface area (Å²) in [4.78, 5) is 22.2. The summed E-state index contributed by atoms with van der Waals surface area (Å²) in [6, 6.07) is 3.87. The zero-order chi connectivity index (χ0) is 16.3. The molecule has 9 heteroatoms. The number of non-ortho nitro benzene ring substituents is 1. The topological polar surface area (TPSA) is 103 Å². The van der Waals surface area contributed by atoms with Crippen LogP contribution in [0.15, 0.2) is 24.5 Å². The number of carbonyl (C=O) groups excluding carboxylic acids is 1. The lowest BCUT2D eigenvalue weighted by molar-refractivity contribution is -0.384. The van der Waals surface area contributed by atoms with Crippen LogP contribution in [-0.4, -0.2) is 25.6 Å². The third-order valence-electron chi connectivity index (χ3n) is 3.02. The Morgan fingerprint density at radius 1 is 1.50 bits per heavy atom. The van der Waals surface area contributed by atoms with Gasteiger partial charge in [0.25, 0.3) is 11.6 Å². The minimum atomic E-state index is -0.571. The molecule has 22 heavy (non-hydrogen) atoms. The third kappa shape index (κ3) is 3.40. The predicted molar refractivity (Wildman–Crippen MR) is 79.7 cm³/mol. The van der Waals surface area contributed by atoms with Crippen molar-refractivity contribution in [2.45, 2.75) is 26.4 Å². The Morgan fingerprint density at radius 2 is 2.23 bits per heavy atom. The van der Waals surface area contributed by atoms with Crippen molar-refractivity contribution in [1.29, 1.82) is 0 Å². The number of carbonyl (C=O) groups is 1. The predicted octanol–water partition coefficient (Wildman–Crippen LogP) is 2.35. The van der Waals surface area contributed by atoms with Crippen LogP contribution in [0.2, 0.25) is 5.02 Å². The first-order valence-electron chi connectivity index (χ1n) is 6.50. The van der Waals surface area contributed by atoms with E-state index in [2.05, 4.69) is 15.5 Å². The SMILES string of the molecule is CC(C)n1cnnc1CNC(=O)c1ccc([N+](=O)[O-])cc1Cl. The van der Waals surface area contributed by atoms with E-state index in [1.807, 2.05) is 18.4 Å². The summed E-state index contributed by atoms with van der Waals surface area (Å²) in [6.07, 6.45) is 1.59. The summed E-state index contributed by atoms with van der Waals surface area (Å²) in [7, 11) is 0. The molecule has 0 saturated carbocycles. The van der Waals surface area contributed by atoms with Gasteiger partial charge in [0.15, 0.2) is 5.82 Å². The maximum absolute atomic E-state index is 12.1. The molecule has 0 bridgehead atoms. The summed E-state index contributed by atoms with van der Waals surface area (Å²) >= 11 is 5.91. The van der Waals surface area contributed by atoms with E-state index in [1.165, 1.54) is 12.1 Å². The first-order chi connectivity index (χ1) is 10.4. The molecule has 0 aliphatic heterocycles. The summed E-state index contributed by atoms with van der Waals surface area (Å²) in [5.74, 6) is 0.180. The minimum absolute atomic E-state index is 0.0250. The quantitative estimate of drug-likeness (QED) is 0.672. The molecule has 8 nitrogen and oxygen atoms in total. The normalized spacial score (nSPS) is 10.7. The highest BCUT2D eigenvalue weighted by atomic mass is 35.5. The molecule has 0 aliphatic carbocycles. The van der Waals surface area contributed by atoms with Crippen LogP contribution in [0.4, 0.5) is 5.69 Å².